The lowest BCUT2D eigenvalue weighted by Crippen LogP contribution is -2.25. The van der Waals surface area contributed by atoms with Crippen LogP contribution in [0.1, 0.15) is 43.3 Å². The average Bonchev–Trinajstić information content (AvgIpc) is 3.09. The van der Waals surface area contributed by atoms with Gasteiger partial charge in [0.2, 0.25) is 0 Å². The minimum atomic E-state index is 0.141. The van der Waals surface area contributed by atoms with Crippen LogP contribution < -0.4 is 10.1 Å². The fraction of sp³-hybridized carbons (Fsp3) is 0.533. The van der Waals surface area contributed by atoms with Gasteiger partial charge in [-0.05, 0) is 41.4 Å². The monoisotopic (exact) mass is 371 g/mol. The Hall–Kier alpha value is -0.850. The number of ether oxygens (including phenoxy) is 1. The Bertz CT molecular complexity index is 567. The summed E-state index contributed by atoms with van der Waals surface area (Å²) in [4.78, 5) is 1.25. The number of halogens is 1. The molecule has 21 heavy (non-hydrogen) atoms. The van der Waals surface area contributed by atoms with Crippen LogP contribution in [0.15, 0.2) is 22.1 Å². The number of aryl methyl sites for hydroxylation is 1. The van der Waals surface area contributed by atoms with Gasteiger partial charge in [-0.3, -0.25) is 4.68 Å². The number of hydrogen-bond acceptors (Lipinski definition) is 4. The molecule has 0 radical (unpaired) electrons. The first-order valence-electron chi connectivity index (χ1n) is 7.28. The second-order valence-corrected chi connectivity index (χ2v) is 6.67. The van der Waals surface area contributed by atoms with Gasteiger partial charge in [-0.1, -0.05) is 13.8 Å². The van der Waals surface area contributed by atoms with Crippen molar-refractivity contribution in [1.29, 1.82) is 0 Å². The van der Waals surface area contributed by atoms with Gasteiger partial charge in [0, 0.05) is 16.8 Å². The molecule has 1 atom stereocenters. The van der Waals surface area contributed by atoms with Crippen LogP contribution in [-0.2, 0) is 6.54 Å². The fourth-order valence-corrected chi connectivity index (χ4v) is 3.72. The van der Waals surface area contributed by atoms with Crippen molar-refractivity contribution < 1.29 is 4.74 Å². The maximum Gasteiger partial charge on any atom is 0.129 e. The first kappa shape index (κ1) is 16.5. The molecular formula is C15H22BrN3OS. The van der Waals surface area contributed by atoms with E-state index in [1.807, 2.05) is 11.6 Å². The molecule has 0 fully saturated rings. The Balaban J connectivity index is 2.37. The Morgan fingerprint density at radius 3 is 2.86 bits per heavy atom. The summed E-state index contributed by atoms with van der Waals surface area (Å²) < 4.78 is 8.46. The number of thiophene rings is 1. The van der Waals surface area contributed by atoms with E-state index in [1.54, 1.807) is 18.4 Å². The molecule has 0 saturated heterocycles. The van der Waals surface area contributed by atoms with Crippen LogP contribution in [0.25, 0.3) is 0 Å². The lowest BCUT2D eigenvalue weighted by atomic mass is 10.1. The zero-order chi connectivity index (χ0) is 15.2. The van der Waals surface area contributed by atoms with Crippen molar-refractivity contribution >= 4 is 27.3 Å². The van der Waals surface area contributed by atoms with Crippen LogP contribution in [0.4, 0.5) is 0 Å². The summed E-state index contributed by atoms with van der Waals surface area (Å²) in [6.07, 6.45) is 4.05. The van der Waals surface area contributed by atoms with E-state index in [-0.39, 0.29) is 6.04 Å². The van der Waals surface area contributed by atoms with Crippen LogP contribution >= 0.6 is 27.3 Å². The van der Waals surface area contributed by atoms with E-state index in [0.717, 1.165) is 36.2 Å². The molecule has 1 N–H and O–H groups in total. The third-order valence-corrected chi connectivity index (χ3v) is 4.84. The van der Waals surface area contributed by atoms with E-state index in [1.165, 1.54) is 10.6 Å². The van der Waals surface area contributed by atoms with E-state index in [2.05, 4.69) is 50.9 Å². The van der Waals surface area contributed by atoms with Crippen LogP contribution in [0.2, 0.25) is 0 Å². The number of aromatic nitrogens is 2. The minimum absolute atomic E-state index is 0.141. The van der Waals surface area contributed by atoms with Gasteiger partial charge in [0.15, 0.2) is 0 Å². The first-order valence-corrected chi connectivity index (χ1v) is 8.95. The van der Waals surface area contributed by atoms with Gasteiger partial charge in [-0.2, -0.15) is 5.10 Å². The second kappa shape index (κ2) is 7.96. The summed E-state index contributed by atoms with van der Waals surface area (Å²) in [5.41, 5.74) is 1.19. The van der Waals surface area contributed by atoms with Crippen molar-refractivity contribution in [2.24, 2.45) is 0 Å². The van der Waals surface area contributed by atoms with Crippen LogP contribution in [0.5, 0.6) is 5.75 Å². The van der Waals surface area contributed by atoms with E-state index < -0.39 is 0 Å². The van der Waals surface area contributed by atoms with E-state index in [4.69, 9.17) is 4.74 Å². The number of nitrogens with zero attached hydrogens (tertiary/aromatic N) is 2. The fourth-order valence-electron chi connectivity index (χ4n) is 2.26. The molecule has 2 aromatic rings. The topological polar surface area (TPSA) is 39.1 Å². The number of methoxy groups -OCH3 is 1. The third-order valence-electron chi connectivity index (χ3n) is 3.26. The summed E-state index contributed by atoms with van der Waals surface area (Å²) in [5.74, 6) is 0.913. The Kier molecular flexibility index (Phi) is 6.26. The summed E-state index contributed by atoms with van der Waals surface area (Å²) in [7, 11) is 1.71. The molecule has 1 unspecified atom stereocenters. The quantitative estimate of drug-likeness (QED) is 0.754. The molecule has 0 aliphatic heterocycles. The summed E-state index contributed by atoms with van der Waals surface area (Å²) in [6, 6.07) is 2.25. The van der Waals surface area contributed by atoms with Crippen LogP contribution in [-0.4, -0.2) is 23.4 Å². The van der Waals surface area contributed by atoms with Gasteiger partial charge >= 0.3 is 0 Å². The first-order chi connectivity index (χ1) is 10.2. The molecule has 116 valence electrons. The maximum atomic E-state index is 5.32. The minimum Gasteiger partial charge on any atom is -0.496 e. The van der Waals surface area contributed by atoms with E-state index >= 15 is 0 Å². The normalized spacial score (nSPS) is 12.6. The van der Waals surface area contributed by atoms with Gasteiger partial charge in [-0.15, -0.1) is 11.3 Å². The van der Waals surface area contributed by atoms with Crippen molar-refractivity contribution in [3.05, 3.63) is 32.7 Å². The molecule has 2 heterocycles. The molecule has 0 saturated carbocycles. The van der Waals surface area contributed by atoms with Crippen molar-refractivity contribution in [2.45, 2.75) is 39.3 Å². The highest BCUT2D eigenvalue weighted by Crippen LogP contribution is 2.34. The lowest BCUT2D eigenvalue weighted by Gasteiger charge is -2.19. The zero-order valence-electron chi connectivity index (χ0n) is 12.7. The molecule has 2 aromatic heterocycles. The largest absolute Gasteiger partial charge is 0.496 e. The Morgan fingerprint density at radius 2 is 2.24 bits per heavy atom. The van der Waals surface area contributed by atoms with Crippen molar-refractivity contribution in [1.82, 2.24) is 15.1 Å². The highest BCUT2D eigenvalue weighted by Gasteiger charge is 2.23. The lowest BCUT2D eigenvalue weighted by molar-refractivity contribution is 0.416. The van der Waals surface area contributed by atoms with Gasteiger partial charge in [-0.25, -0.2) is 0 Å². The summed E-state index contributed by atoms with van der Waals surface area (Å²) in [5, 5.41) is 10.2. The molecule has 0 amide bonds. The van der Waals surface area contributed by atoms with E-state index in [9.17, 15) is 0 Å². The average molecular weight is 372 g/mol. The van der Waals surface area contributed by atoms with Gasteiger partial charge in [0.25, 0.3) is 0 Å². The second-order valence-electron chi connectivity index (χ2n) is 4.88. The SMILES string of the molecule is CCCNC(c1cc(OC)cs1)c1c(Br)cnn1CCC. The van der Waals surface area contributed by atoms with Crippen molar-refractivity contribution in [2.75, 3.05) is 13.7 Å². The Labute approximate surface area is 138 Å². The predicted octanol–water partition coefficient (Wildman–Crippen LogP) is 4.21. The van der Waals surface area contributed by atoms with Crippen molar-refractivity contribution in [3.8, 4) is 5.75 Å². The molecular weight excluding hydrogens is 350 g/mol. The smallest absolute Gasteiger partial charge is 0.129 e. The van der Waals surface area contributed by atoms with Gasteiger partial charge in [0.1, 0.15) is 5.75 Å². The molecule has 0 aromatic carbocycles. The highest BCUT2D eigenvalue weighted by molar-refractivity contribution is 9.10. The molecule has 0 bridgehead atoms. The van der Waals surface area contributed by atoms with Crippen molar-refractivity contribution in [3.63, 3.8) is 0 Å². The number of rotatable bonds is 8. The standard InChI is InChI=1S/C15H22BrN3OS/c1-4-6-17-14(13-8-11(20-3)10-21-13)15-12(16)9-18-19(15)7-5-2/h8-10,14,17H,4-7H2,1-3H3. The van der Waals surface area contributed by atoms with Crippen LogP contribution in [0, 0.1) is 0 Å². The molecule has 0 aliphatic rings. The molecule has 0 spiro atoms. The summed E-state index contributed by atoms with van der Waals surface area (Å²) >= 11 is 5.37. The molecule has 4 nitrogen and oxygen atoms in total. The Morgan fingerprint density at radius 1 is 1.43 bits per heavy atom. The zero-order valence-corrected chi connectivity index (χ0v) is 15.1. The van der Waals surface area contributed by atoms with E-state index in [0.29, 0.717) is 0 Å². The number of hydrogen-bond donors (Lipinski definition) is 1. The molecule has 2 rings (SSSR count). The summed E-state index contributed by atoms with van der Waals surface area (Å²) in [6.45, 7) is 6.24. The highest BCUT2D eigenvalue weighted by atomic mass is 79.9. The van der Waals surface area contributed by atoms with Crippen LogP contribution in [0.3, 0.4) is 0 Å². The predicted molar refractivity (Wildman–Crippen MR) is 91.2 cm³/mol. The maximum absolute atomic E-state index is 5.32. The molecule has 6 heteroatoms. The molecule has 0 aliphatic carbocycles. The number of nitrogens with one attached hydrogen (secondary N) is 1. The van der Waals surface area contributed by atoms with Gasteiger partial charge in [0.05, 0.1) is 29.5 Å². The third kappa shape index (κ3) is 3.87. The van der Waals surface area contributed by atoms with Gasteiger partial charge < -0.3 is 10.1 Å².